The van der Waals surface area contributed by atoms with E-state index >= 15 is 0 Å². The topological polar surface area (TPSA) is 71.2 Å². The molecule has 3 N–H and O–H groups in total. The Kier molecular flexibility index (Phi) is 4.74. The third kappa shape index (κ3) is 3.30. The normalized spacial score (nSPS) is 10.4. The molecule has 0 saturated heterocycles. The number of thiazole rings is 1. The Morgan fingerprint density at radius 3 is 2.86 bits per heavy atom. The molecule has 0 spiro atoms. The SMILES string of the molecule is CCNc1nc(N)c(C(=O)N(CC)c2cccc(F)c2)s1. The summed E-state index contributed by atoms with van der Waals surface area (Å²) in [7, 11) is 0. The maximum absolute atomic E-state index is 13.3. The van der Waals surface area contributed by atoms with E-state index < -0.39 is 0 Å². The Morgan fingerprint density at radius 2 is 2.24 bits per heavy atom. The van der Waals surface area contributed by atoms with E-state index in [0.29, 0.717) is 28.8 Å². The van der Waals surface area contributed by atoms with Crippen LogP contribution in [0, 0.1) is 5.82 Å². The number of hydrogen-bond acceptors (Lipinski definition) is 5. The molecule has 7 heteroatoms. The number of rotatable bonds is 5. The molecule has 0 unspecified atom stereocenters. The Bertz CT molecular complexity index is 644. The van der Waals surface area contributed by atoms with Crippen molar-refractivity contribution < 1.29 is 9.18 Å². The lowest BCUT2D eigenvalue weighted by Crippen LogP contribution is -2.30. The summed E-state index contributed by atoms with van der Waals surface area (Å²) in [5.41, 5.74) is 6.31. The van der Waals surface area contributed by atoms with E-state index in [1.54, 1.807) is 12.1 Å². The summed E-state index contributed by atoms with van der Waals surface area (Å²) >= 11 is 1.20. The van der Waals surface area contributed by atoms with Gasteiger partial charge in [-0.2, -0.15) is 0 Å². The van der Waals surface area contributed by atoms with Gasteiger partial charge in [0.05, 0.1) is 0 Å². The second kappa shape index (κ2) is 6.53. The molecule has 2 rings (SSSR count). The largest absolute Gasteiger partial charge is 0.382 e. The average Bonchev–Trinajstić information content (AvgIpc) is 2.81. The van der Waals surface area contributed by atoms with Crippen LogP contribution in [0.25, 0.3) is 0 Å². The number of aromatic nitrogens is 1. The summed E-state index contributed by atoms with van der Waals surface area (Å²) in [5, 5.41) is 3.63. The summed E-state index contributed by atoms with van der Waals surface area (Å²) in [5.74, 6) is -0.470. The van der Waals surface area contributed by atoms with E-state index in [0.717, 1.165) is 0 Å². The maximum atomic E-state index is 13.3. The lowest BCUT2D eigenvalue weighted by molar-refractivity contribution is 0.0993. The van der Waals surface area contributed by atoms with Crippen molar-refractivity contribution in [3.63, 3.8) is 0 Å². The van der Waals surface area contributed by atoms with Crippen LogP contribution in [0.2, 0.25) is 0 Å². The fourth-order valence-electron chi connectivity index (χ4n) is 1.92. The number of benzene rings is 1. The van der Waals surface area contributed by atoms with Gasteiger partial charge < -0.3 is 16.0 Å². The Balaban J connectivity index is 2.32. The number of amides is 1. The fourth-order valence-corrected chi connectivity index (χ4v) is 2.82. The van der Waals surface area contributed by atoms with Crippen LogP contribution in [-0.4, -0.2) is 24.0 Å². The van der Waals surface area contributed by atoms with E-state index in [1.807, 2.05) is 13.8 Å². The van der Waals surface area contributed by atoms with Gasteiger partial charge in [0, 0.05) is 18.8 Å². The van der Waals surface area contributed by atoms with Crippen LogP contribution in [0.5, 0.6) is 0 Å². The molecular weight excluding hydrogens is 291 g/mol. The quantitative estimate of drug-likeness (QED) is 0.891. The number of nitrogen functional groups attached to an aromatic ring is 1. The van der Waals surface area contributed by atoms with E-state index in [-0.39, 0.29) is 17.5 Å². The number of carbonyl (C=O) groups is 1. The highest BCUT2D eigenvalue weighted by Crippen LogP contribution is 2.28. The van der Waals surface area contributed by atoms with Crippen molar-refractivity contribution in [3.8, 4) is 0 Å². The molecule has 0 radical (unpaired) electrons. The molecule has 5 nitrogen and oxygen atoms in total. The Hall–Kier alpha value is -2.15. The number of carbonyl (C=O) groups excluding carboxylic acids is 1. The number of nitrogens with one attached hydrogen (secondary N) is 1. The number of halogens is 1. The molecule has 0 aliphatic heterocycles. The molecule has 1 aromatic carbocycles. The van der Waals surface area contributed by atoms with Crippen LogP contribution in [0.1, 0.15) is 23.5 Å². The molecule has 0 aliphatic carbocycles. The van der Waals surface area contributed by atoms with Crippen LogP contribution in [-0.2, 0) is 0 Å². The lowest BCUT2D eigenvalue weighted by Gasteiger charge is -2.20. The van der Waals surface area contributed by atoms with Crippen molar-refractivity contribution in [1.29, 1.82) is 0 Å². The van der Waals surface area contributed by atoms with Crippen LogP contribution in [0.15, 0.2) is 24.3 Å². The first-order valence-electron chi connectivity index (χ1n) is 6.64. The molecule has 1 aromatic heterocycles. The van der Waals surface area contributed by atoms with Gasteiger partial charge in [-0.05, 0) is 32.0 Å². The summed E-state index contributed by atoms with van der Waals surface area (Å²) in [6, 6.07) is 5.92. The molecule has 21 heavy (non-hydrogen) atoms. The molecule has 0 bridgehead atoms. The second-order valence-electron chi connectivity index (χ2n) is 4.29. The third-order valence-electron chi connectivity index (χ3n) is 2.86. The van der Waals surface area contributed by atoms with Crippen molar-refractivity contribution in [1.82, 2.24) is 4.98 Å². The molecule has 1 amide bonds. The first-order valence-corrected chi connectivity index (χ1v) is 7.46. The molecule has 1 heterocycles. The zero-order chi connectivity index (χ0) is 15.4. The minimum atomic E-state index is -0.385. The van der Waals surface area contributed by atoms with Gasteiger partial charge in [0.25, 0.3) is 5.91 Å². The van der Waals surface area contributed by atoms with Crippen LogP contribution < -0.4 is 16.0 Å². The number of anilines is 3. The van der Waals surface area contributed by atoms with Gasteiger partial charge in [0.2, 0.25) is 0 Å². The zero-order valence-corrected chi connectivity index (χ0v) is 12.7. The molecule has 2 aromatic rings. The van der Waals surface area contributed by atoms with Gasteiger partial charge in [-0.3, -0.25) is 4.79 Å². The van der Waals surface area contributed by atoms with Gasteiger partial charge in [0.1, 0.15) is 16.5 Å². The molecule has 0 fully saturated rings. The molecule has 0 aliphatic rings. The molecular formula is C14H17FN4OS. The van der Waals surface area contributed by atoms with Crippen molar-refractivity contribution >= 4 is 33.9 Å². The zero-order valence-electron chi connectivity index (χ0n) is 11.9. The predicted octanol–water partition coefficient (Wildman–Crippen LogP) is 2.96. The third-order valence-corrected chi connectivity index (χ3v) is 3.87. The van der Waals surface area contributed by atoms with Gasteiger partial charge in [-0.1, -0.05) is 17.4 Å². The summed E-state index contributed by atoms with van der Waals surface area (Å²) in [4.78, 5) is 18.5. The van der Waals surface area contributed by atoms with Crippen molar-refractivity contribution in [3.05, 3.63) is 35.0 Å². The van der Waals surface area contributed by atoms with E-state index in [1.165, 1.54) is 28.4 Å². The highest BCUT2D eigenvalue weighted by Gasteiger charge is 2.22. The standard InChI is InChI=1S/C14H17FN4OS/c1-3-17-14-18-12(16)11(21-14)13(20)19(4-2)10-7-5-6-9(15)8-10/h5-8H,3-4,16H2,1-2H3,(H,17,18). The lowest BCUT2D eigenvalue weighted by atomic mass is 10.2. The van der Waals surface area contributed by atoms with Crippen molar-refractivity contribution in [2.75, 3.05) is 29.0 Å². The van der Waals surface area contributed by atoms with Crippen molar-refractivity contribution in [2.45, 2.75) is 13.8 Å². The first kappa shape index (κ1) is 15.2. The summed E-state index contributed by atoms with van der Waals surface area (Å²) in [6.45, 7) is 4.87. The number of hydrogen-bond donors (Lipinski definition) is 2. The summed E-state index contributed by atoms with van der Waals surface area (Å²) < 4.78 is 13.3. The van der Waals surface area contributed by atoms with Crippen LogP contribution >= 0.6 is 11.3 Å². The van der Waals surface area contributed by atoms with Gasteiger partial charge in [-0.15, -0.1) is 0 Å². The highest BCUT2D eigenvalue weighted by atomic mass is 32.1. The van der Waals surface area contributed by atoms with E-state index in [2.05, 4.69) is 10.3 Å². The Labute approximate surface area is 126 Å². The average molecular weight is 308 g/mol. The monoisotopic (exact) mass is 308 g/mol. The minimum absolute atomic E-state index is 0.191. The van der Waals surface area contributed by atoms with Crippen LogP contribution in [0.4, 0.5) is 21.0 Å². The van der Waals surface area contributed by atoms with Gasteiger partial charge in [0.15, 0.2) is 5.13 Å². The second-order valence-corrected chi connectivity index (χ2v) is 5.29. The first-order chi connectivity index (χ1) is 10.1. The van der Waals surface area contributed by atoms with Gasteiger partial charge >= 0.3 is 0 Å². The fraction of sp³-hybridized carbons (Fsp3) is 0.286. The van der Waals surface area contributed by atoms with Crippen LogP contribution in [0.3, 0.4) is 0 Å². The number of nitrogens with zero attached hydrogens (tertiary/aromatic N) is 2. The smallest absolute Gasteiger partial charge is 0.272 e. The van der Waals surface area contributed by atoms with E-state index in [4.69, 9.17) is 5.73 Å². The molecule has 112 valence electrons. The number of nitrogens with two attached hydrogens (primary N) is 1. The Morgan fingerprint density at radius 1 is 1.48 bits per heavy atom. The molecule has 0 atom stereocenters. The summed E-state index contributed by atoms with van der Waals surface area (Å²) in [6.07, 6.45) is 0. The predicted molar refractivity (Wildman–Crippen MR) is 84.4 cm³/mol. The molecule has 0 saturated carbocycles. The highest BCUT2D eigenvalue weighted by molar-refractivity contribution is 7.18. The van der Waals surface area contributed by atoms with Crippen molar-refractivity contribution in [2.24, 2.45) is 0 Å². The van der Waals surface area contributed by atoms with E-state index in [9.17, 15) is 9.18 Å². The minimum Gasteiger partial charge on any atom is -0.382 e. The maximum Gasteiger partial charge on any atom is 0.272 e. The van der Waals surface area contributed by atoms with Gasteiger partial charge in [-0.25, -0.2) is 9.37 Å².